The minimum Gasteiger partial charge on any atom is -0.380 e. The Balaban J connectivity index is 4.27. The average Bonchev–Trinajstić information content (AvgIpc) is 2.73. The number of hydrogen-bond donors (Lipinski definition) is 0. The van der Waals surface area contributed by atoms with Crippen molar-refractivity contribution in [3.63, 3.8) is 0 Å². The number of ether oxygens (including phenoxy) is 1. The zero-order valence-corrected chi connectivity index (χ0v) is 20.7. The fourth-order valence-corrected chi connectivity index (χ4v) is 4.55. The van der Waals surface area contributed by atoms with Gasteiger partial charge in [0.2, 0.25) is 0 Å². The molecule has 0 fully saturated rings. The highest BCUT2D eigenvalue weighted by molar-refractivity contribution is 8.14. The molecule has 0 radical (unpaired) electrons. The van der Waals surface area contributed by atoms with E-state index >= 15 is 0 Å². The summed E-state index contributed by atoms with van der Waals surface area (Å²) in [6, 6.07) is 0. The summed E-state index contributed by atoms with van der Waals surface area (Å²) >= 11 is 1.22. The van der Waals surface area contributed by atoms with Crippen molar-refractivity contribution in [3.05, 3.63) is 0 Å². The molecule has 29 heavy (non-hydrogen) atoms. The fraction of sp³-hybridized carbons (Fsp3) is 0.952. The van der Waals surface area contributed by atoms with Crippen LogP contribution in [0.4, 0.5) is 0 Å². The maximum absolute atomic E-state index is 12.3. The summed E-state index contributed by atoms with van der Waals surface area (Å²) in [4.78, 5) is 12.3. The average molecular weight is 455 g/mol. The van der Waals surface area contributed by atoms with Gasteiger partial charge in [-0.05, 0) is 12.8 Å². The SMILES string of the molecule is CCCCCCCCOC[C@@H](COP(=O)(OC)OC)SC(=O)CCCCCCC. The van der Waals surface area contributed by atoms with Gasteiger partial charge in [-0.15, -0.1) is 0 Å². The van der Waals surface area contributed by atoms with Crippen LogP contribution in [0.2, 0.25) is 0 Å². The molecule has 8 heteroatoms. The van der Waals surface area contributed by atoms with Crippen LogP contribution in [0.5, 0.6) is 0 Å². The molecule has 0 aromatic rings. The second-order valence-corrected chi connectivity index (χ2v) is 10.5. The summed E-state index contributed by atoms with van der Waals surface area (Å²) in [6.45, 7) is 5.52. The number of carbonyl (C=O) groups excluding carboxylic acids is 1. The number of phosphoric ester groups is 1. The Morgan fingerprint density at radius 3 is 1.97 bits per heavy atom. The molecule has 0 aromatic carbocycles. The molecular weight excluding hydrogens is 411 g/mol. The second-order valence-electron chi connectivity index (χ2n) is 7.23. The van der Waals surface area contributed by atoms with Gasteiger partial charge in [0.05, 0.1) is 18.5 Å². The number of phosphoric acid groups is 1. The van der Waals surface area contributed by atoms with Crippen LogP contribution in [0.25, 0.3) is 0 Å². The third-order valence-corrected chi connectivity index (χ3v) is 7.03. The number of thioether (sulfide) groups is 1. The van der Waals surface area contributed by atoms with Crippen molar-refractivity contribution < 1.29 is 27.7 Å². The quantitative estimate of drug-likeness (QED) is 0.140. The smallest absolute Gasteiger partial charge is 0.380 e. The summed E-state index contributed by atoms with van der Waals surface area (Å²) < 4.78 is 32.8. The molecular formula is C21H43O6PS. The maximum Gasteiger partial charge on any atom is 0.474 e. The summed E-state index contributed by atoms with van der Waals surface area (Å²) in [7, 11) is -0.992. The van der Waals surface area contributed by atoms with E-state index in [2.05, 4.69) is 13.8 Å². The molecule has 0 saturated carbocycles. The van der Waals surface area contributed by atoms with Gasteiger partial charge in [-0.1, -0.05) is 83.4 Å². The largest absolute Gasteiger partial charge is 0.474 e. The number of unbranched alkanes of at least 4 members (excludes halogenated alkanes) is 9. The van der Waals surface area contributed by atoms with Crippen LogP contribution in [0.3, 0.4) is 0 Å². The van der Waals surface area contributed by atoms with Crippen molar-refractivity contribution in [3.8, 4) is 0 Å². The highest BCUT2D eigenvalue weighted by Gasteiger charge is 2.26. The maximum atomic E-state index is 12.3. The van der Waals surface area contributed by atoms with E-state index < -0.39 is 7.82 Å². The van der Waals surface area contributed by atoms with Crippen LogP contribution < -0.4 is 0 Å². The Morgan fingerprint density at radius 2 is 1.38 bits per heavy atom. The standard InChI is InChI=1S/C21H43O6PS/c1-5-7-9-11-13-15-17-26-18-20(19-27-28(23,24-3)25-4)29-21(22)16-14-12-10-8-6-2/h20H,5-19H2,1-4H3/t20-/m0/s1. The van der Waals surface area contributed by atoms with Gasteiger partial charge < -0.3 is 4.74 Å². The minimum atomic E-state index is -3.55. The number of hydrogen-bond acceptors (Lipinski definition) is 7. The van der Waals surface area contributed by atoms with Crippen molar-refractivity contribution in [2.24, 2.45) is 0 Å². The Morgan fingerprint density at radius 1 is 0.828 bits per heavy atom. The Kier molecular flexibility index (Phi) is 20.1. The van der Waals surface area contributed by atoms with Crippen LogP contribution in [0.15, 0.2) is 0 Å². The Hall–Kier alpha value is 0.0900. The fourth-order valence-electron chi connectivity index (χ4n) is 2.79. The Bertz CT molecular complexity index is 427. The molecule has 0 N–H and O–H groups in total. The summed E-state index contributed by atoms with van der Waals surface area (Å²) in [5, 5.41) is -0.0974. The predicted molar refractivity (Wildman–Crippen MR) is 122 cm³/mol. The molecule has 0 unspecified atom stereocenters. The van der Waals surface area contributed by atoms with Gasteiger partial charge in [-0.2, -0.15) is 0 Å². The van der Waals surface area contributed by atoms with Crippen LogP contribution >= 0.6 is 19.6 Å². The molecule has 0 spiro atoms. The first-order valence-corrected chi connectivity index (χ1v) is 13.5. The third kappa shape index (κ3) is 17.5. The van der Waals surface area contributed by atoms with Gasteiger partial charge in [0.25, 0.3) is 0 Å². The summed E-state index contributed by atoms with van der Waals surface area (Å²) in [5.74, 6) is 0. The van der Waals surface area contributed by atoms with E-state index in [-0.39, 0.29) is 17.0 Å². The van der Waals surface area contributed by atoms with E-state index in [1.165, 1.54) is 70.9 Å². The zero-order chi connectivity index (χ0) is 21.8. The molecule has 1 atom stereocenters. The number of rotatable bonds is 21. The molecule has 0 saturated heterocycles. The lowest BCUT2D eigenvalue weighted by Gasteiger charge is -2.19. The highest BCUT2D eigenvalue weighted by atomic mass is 32.2. The van der Waals surface area contributed by atoms with Gasteiger partial charge in [0, 0.05) is 27.2 Å². The first kappa shape index (κ1) is 29.1. The molecule has 0 heterocycles. The first-order valence-electron chi connectivity index (χ1n) is 11.1. The monoisotopic (exact) mass is 454 g/mol. The predicted octanol–water partition coefficient (Wildman–Crippen LogP) is 6.77. The van der Waals surface area contributed by atoms with Crippen molar-refractivity contribution in [2.45, 2.75) is 96.1 Å². The lowest BCUT2D eigenvalue weighted by atomic mass is 10.1. The van der Waals surface area contributed by atoms with Gasteiger partial charge in [-0.25, -0.2) is 4.57 Å². The Labute approximate surface area is 182 Å². The van der Waals surface area contributed by atoms with Crippen LogP contribution in [0, 0.1) is 0 Å². The van der Waals surface area contributed by atoms with Crippen molar-refractivity contribution in [1.82, 2.24) is 0 Å². The zero-order valence-electron chi connectivity index (χ0n) is 19.0. The minimum absolute atomic E-state index is 0.0850. The van der Waals surface area contributed by atoms with Gasteiger partial charge in [-0.3, -0.25) is 18.4 Å². The molecule has 0 amide bonds. The van der Waals surface area contributed by atoms with E-state index in [1.807, 2.05) is 0 Å². The van der Waals surface area contributed by atoms with E-state index in [1.54, 1.807) is 0 Å². The summed E-state index contributed by atoms with van der Waals surface area (Å²) in [5.41, 5.74) is 0. The van der Waals surface area contributed by atoms with E-state index in [0.29, 0.717) is 19.6 Å². The topological polar surface area (TPSA) is 71.1 Å². The molecule has 0 aliphatic rings. The van der Waals surface area contributed by atoms with Crippen molar-refractivity contribution >= 4 is 24.7 Å². The van der Waals surface area contributed by atoms with Crippen LogP contribution in [-0.4, -0.2) is 44.4 Å². The van der Waals surface area contributed by atoms with Gasteiger partial charge in [0.1, 0.15) is 0 Å². The normalized spacial score (nSPS) is 13.0. The number of carbonyl (C=O) groups is 1. The van der Waals surface area contributed by atoms with Gasteiger partial charge >= 0.3 is 7.82 Å². The molecule has 0 bridgehead atoms. The lowest BCUT2D eigenvalue weighted by molar-refractivity contribution is -0.111. The molecule has 0 aromatic heterocycles. The highest BCUT2D eigenvalue weighted by Crippen LogP contribution is 2.47. The second kappa shape index (κ2) is 20.0. The summed E-state index contributed by atoms with van der Waals surface area (Å²) in [6.07, 6.45) is 13.3. The van der Waals surface area contributed by atoms with Crippen molar-refractivity contribution in [1.29, 1.82) is 0 Å². The lowest BCUT2D eigenvalue weighted by Crippen LogP contribution is -2.21. The van der Waals surface area contributed by atoms with Crippen molar-refractivity contribution in [2.75, 3.05) is 34.0 Å². The molecule has 0 aliphatic carbocycles. The molecule has 6 nitrogen and oxygen atoms in total. The first-order chi connectivity index (χ1) is 14.0. The van der Waals surface area contributed by atoms with Gasteiger partial charge in [0.15, 0.2) is 5.12 Å². The molecule has 0 aliphatic heterocycles. The third-order valence-electron chi connectivity index (χ3n) is 4.59. The van der Waals surface area contributed by atoms with E-state index in [4.69, 9.17) is 18.3 Å². The van der Waals surface area contributed by atoms with E-state index in [9.17, 15) is 9.36 Å². The molecule has 174 valence electrons. The molecule has 0 rings (SSSR count). The van der Waals surface area contributed by atoms with E-state index in [0.717, 1.165) is 25.7 Å². The van der Waals surface area contributed by atoms with Crippen LogP contribution in [0.1, 0.15) is 90.9 Å². The van der Waals surface area contributed by atoms with Crippen LogP contribution in [-0.2, 0) is 27.7 Å².